The van der Waals surface area contributed by atoms with Gasteiger partial charge in [0.05, 0.1) is 44.7 Å². The largest absolute Gasteiger partial charge is 0.497 e. The summed E-state index contributed by atoms with van der Waals surface area (Å²) in [5.74, 6) is 2.04. The first-order chi connectivity index (χ1) is 13.9. The van der Waals surface area contributed by atoms with E-state index in [2.05, 4.69) is 34.6 Å². The minimum atomic E-state index is -0.101. The van der Waals surface area contributed by atoms with Crippen LogP contribution in [-0.2, 0) is 25.6 Å². The number of fused-ring (bicyclic) bond motifs is 1. The van der Waals surface area contributed by atoms with Gasteiger partial charge in [0.15, 0.2) is 6.29 Å². The van der Waals surface area contributed by atoms with E-state index in [1.807, 2.05) is 24.3 Å². The molecular formula is C24H38O5. The molecule has 0 amide bonds. The van der Waals surface area contributed by atoms with Gasteiger partial charge in [0, 0.05) is 12.3 Å². The minimum absolute atomic E-state index is 0.101. The monoisotopic (exact) mass is 406 g/mol. The lowest BCUT2D eigenvalue weighted by molar-refractivity contribution is -0.290. The van der Waals surface area contributed by atoms with Crippen LogP contribution in [0.15, 0.2) is 24.3 Å². The highest BCUT2D eigenvalue weighted by Crippen LogP contribution is 2.40. The lowest BCUT2D eigenvalue weighted by atomic mass is 9.76. The zero-order chi connectivity index (χ0) is 21.0. The first kappa shape index (κ1) is 22.5. The molecule has 0 radical (unpaired) electrons. The molecule has 1 aromatic carbocycles. The number of hydrogen-bond acceptors (Lipinski definition) is 5. The van der Waals surface area contributed by atoms with Gasteiger partial charge in [-0.15, -0.1) is 0 Å². The zero-order valence-corrected chi connectivity index (χ0v) is 18.8. The van der Waals surface area contributed by atoms with Crippen molar-refractivity contribution in [2.75, 3.05) is 13.7 Å². The molecule has 2 aliphatic rings. The molecule has 0 bridgehead atoms. The third-order valence-electron chi connectivity index (χ3n) is 6.35. The van der Waals surface area contributed by atoms with Crippen LogP contribution >= 0.6 is 0 Å². The van der Waals surface area contributed by atoms with Gasteiger partial charge in [0.1, 0.15) is 5.75 Å². The van der Waals surface area contributed by atoms with E-state index in [0.717, 1.165) is 24.2 Å². The van der Waals surface area contributed by atoms with E-state index >= 15 is 0 Å². The van der Waals surface area contributed by atoms with Crippen LogP contribution in [0, 0.1) is 17.8 Å². The van der Waals surface area contributed by atoms with Crippen molar-refractivity contribution in [2.45, 2.75) is 84.8 Å². The van der Waals surface area contributed by atoms with Gasteiger partial charge in [0.2, 0.25) is 0 Å². The molecule has 164 valence electrons. The van der Waals surface area contributed by atoms with Crippen molar-refractivity contribution in [3.05, 3.63) is 29.8 Å². The van der Waals surface area contributed by atoms with Crippen molar-refractivity contribution in [3.63, 3.8) is 0 Å². The van der Waals surface area contributed by atoms with Crippen LogP contribution in [0.2, 0.25) is 0 Å². The van der Waals surface area contributed by atoms with Crippen molar-refractivity contribution >= 4 is 0 Å². The third kappa shape index (κ3) is 5.72. The molecule has 0 aromatic heterocycles. The molecule has 1 aromatic rings. The van der Waals surface area contributed by atoms with Crippen molar-refractivity contribution in [3.8, 4) is 5.75 Å². The fourth-order valence-corrected chi connectivity index (χ4v) is 4.56. The molecule has 2 saturated heterocycles. The Kier molecular flexibility index (Phi) is 7.97. The van der Waals surface area contributed by atoms with Crippen molar-refractivity contribution < 1.29 is 23.7 Å². The molecule has 5 heteroatoms. The van der Waals surface area contributed by atoms with Gasteiger partial charge >= 0.3 is 0 Å². The molecule has 29 heavy (non-hydrogen) atoms. The number of benzene rings is 1. The molecule has 0 saturated carbocycles. The van der Waals surface area contributed by atoms with Gasteiger partial charge < -0.3 is 23.7 Å². The quantitative estimate of drug-likeness (QED) is 0.619. The second-order valence-corrected chi connectivity index (χ2v) is 8.99. The van der Waals surface area contributed by atoms with Crippen LogP contribution in [-0.4, -0.2) is 44.4 Å². The van der Waals surface area contributed by atoms with Gasteiger partial charge in [-0.1, -0.05) is 32.9 Å². The molecule has 2 aliphatic heterocycles. The predicted molar refractivity (Wildman–Crippen MR) is 113 cm³/mol. The lowest BCUT2D eigenvalue weighted by Gasteiger charge is -2.50. The Morgan fingerprint density at radius 3 is 2.38 bits per heavy atom. The van der Waals surface area contributed by atoms with Crippen molar-refractivity contribution in [2.24, 2.45) is 17.8 Å². The molecule has 0 spiro atoms. The predicted octanol–water partition coefficient (Wildman–Crippen LogP) is 4.82. The molecule has 0 N–H and O–H groups in total. The highest BCUT2D eigenvalue weighted by atomic mass is 16.7. The molecular weight excluding hydrogens is 368 g/mol. The van der Waals surface area contributed by atoms with Crippen molar-refractivity contribution in [1.82, 2.24) is 0 Å². The van der Waals surface area contributed by atoms with Gasteiger partial charge in [-0.05, 0) is 49.8 Å². The van der Waals surface area contributed by atoms with E-state index in [0.29, 0.717) is 31.0 Å². The number of methoxy groups -OCH3 is 1. The van der Waals surface area contributed by atoms with Crippen LogP contribution in [0.1, 0.15) is 53.0 Å². The van der Waals surface area contributed by atoms with E-state index in [1.165, 1.54) is 0 Å². The topological polar surface area (TPSA) is 46.2 Å². The number of rotatable bonds is 8. The number of hydrogen-bond donors (Lipinski definition) is 0. The summed E-state index contributed by atoms with van der Waals surface area (Å²) in [5, 5.41) is 0. The van der Waals surface area contributed by atoms with E-state index in [4.69, 9.17) is 23.7 Å². The average molecular weight is 407 g/mol. The Hall–Kier alpha value is -1.14. The second kappa shape index (κ2) is 10.3. The van der Waals surface area contributed by atoms with Gasteiger partial charge in [0.25, 0.3) is 0 Å². The van der Waals surface area contributed by atoms with E-state index in [-0.39, 0.29) is 30.7 Å². The normalized spacial score (nSPS) is 33.3. The summed E-state index contributed by atoms with van der Waals surface area (Å²) in [6.07, 6.45) is 2.44. The minimum Gasteiger partial charge on any atom is -0.497 e. The average Bonchev–Trinajstić information content (AvgIpc) is 2.71. The maximum Gasteiger partial charge on any atom is 0.158 e. The molecule has 2 heterocycles. The maximum absolute atomic E-state index is 6.54. The number of ether oxygens (including phenoxy) is 5. The van der Waals surface area contributed by atoms with Crippen LogP contribution in [0.5, 0.6) is 5.75 Å². The summed E-state index contributed by atoms with van der Waals surface area (Å²) >= 11 is 0. The van der Waals surface area contributed by atoms with Crippen LogP contribution < -0.4 is 4.74 Å². The lowest BCUT2D eigenvalue weighted by Crippen LogP contribution is -2.56. The Bertz CT molecular complexity index is 614. The molecule has 2 fully saturated rings. The van der Waals surface area contributed by atoms with Crippen molar-refractivity contribution in [1.29, 1.82) is 0 Å². The fraction of sp³-hybridized carbons (Fsp3) is 0.750. The summed E-state index contributed by atoms with van der Waals surface area (Å²) in [6.45, 7) is 12.2. The fourth-order valence-electron chi connectivity index (χ4n) is 4.56. The van der Waals surface area contributed by atoms with Crippen LogP contribution in [0.4, 0.5) is 0 Å². The van der Waals surface area contributed by atoms with E-state index in [9.17, 15) is 0 Å². The molecule has 7 atom stereocenters. The zero-order valence-electron chi connectivity index (χ0n) is 18.8. The Morgan fingerprint density at radius 2 is 1.72 bits per heavy atom. The highest BCUT2D eigenvalue weighted by molar-refractivity contribution is 5.26. The van der Waals surface area contributed by atoms with Gasteiger partial charge in [-0.2, -0.15) is 0 Å². The second-order valence-electron chi connectivity index (χ2n) is 8.99. The highest BCUT2D eigenvalue weighted by Gasteiger charge is 2.46. The Morgan fingerprint density at radius 1 is 1.00 bits per heavy atom. The molecule has 5 nitrogen and oxygen atoms in total. The maximum atomic E-state index is 6.54. The van der Waals surface area contributed by atoms with E-state index < -0.39 is 0 Å². The summed E-state index contributed by atoms with van der Waals surface area (Å²) in [4.78, 5) is 0. The summed E-state index contributed by atoms with van der Waals surface area (Å²) < 4.78 is 30.0. The van der Waals surface area contributed by atoms with Crippen LogP contribution in [0.25, 0.3) is 0 Å². The summed E-state index contributed by atoms with van der Waals surface area (Å²) in [6, 6.07) is 8.03. The SMILES string of the molecule is COc1ccc(COC[C@H](C)[C@@H]2O[C@H]3CC[C@@H](OC(C)C)O[C@@H]3[C@H](C)[C@@H]2C)cc1. The molecule has 0 aliphatic carbocycles. The Labute approximate surface area is 176 Å². The Balaban J connectivity index is 1.50. The van der Waals surface area contributed by atoms with Gasteiger partial charge in [-0.3, -0.25) is 0 Å². The summed E-state index contributed by atoms with van der Waals surface area (Å²) in [5.41, 5.74) is 1.15. The standard InChI is InChI=1S/C24H38O5/c1-15(2)27-22-12-11-21-24(29-22)18(5)17(4)23(28-21)16(3)13-26-14-19-7-9-20(25-6)10-8-19/h7-10,15-18,21-24H,11-14H2,1-6H3/t16-,17-,18+,21-,22-,23-,24+/m0/s1. The van der Waals surface area contributed by atoms with E-state index in [1.54, 1.807) is 7.11 Å². The third-order valence-corrected chi connectivity index (χ3v) is 6.35. The molecule has 0 unspecified atom stereocenters. The first-order valence-corrected chi connectivity index (χ1v) is 11.1. The molecule has 3 rings (SSSR count). The summed E-state index contributed by atoms with van der Waals surface area (Å²) in [7, 11) is 1.68. The van der Waals surface area contributed by atoms with Gasteiger partial charge in [-0.25, -0.2) is 0 Å². The smallest absolute Gasteiger partial charge is 0.158 e. The first-order valence-electron chi connectivity index (χ1n) is 11.1. The van der Waals surface area contributed by atoms with Crippen LogP contribution in [0.3, 0.4) is 0 Å².